The first-order valence-corrected chi connectivity index (χ1v) is 12.1. The number of thioether (sulfide) groups is 1. The molecule has 33 heavy (non-hydrogen) atoms. The standard InChI is InChI=1S/C25H26Cl2N2O3S/c1-5-11-32-23-20(27)12-17(13-21(23)31-6-2)14-22-24(30)29(15-16(3)4)25(33-22)28-19-9-7-18(26)8-10-19/h5,7-10,12-14,16H,1,6,11,15H2,2-4H3/b22-14-,28-25?. The zero-order valence-corrected chi connectivity index (χ0v) is 21.1. The summed E-state index contributed by atoms with van der Waals surface area (Å²) in [7, 11) is 0. The number of halogens is 2. The van der Waals surface area contributed by atoms with E-state index >= 15 is 0 Å². The highest BCUT2D eigenvalue weighted by Gasteiger charge is 2.33. The fourth-order valence-corrected chi connectivity index (χ4v) is 4.52. The van der Waals surface area contributed by atoms with Crippen molar-refractivity contribution in [2.45, 2.75) is 20.8 Å². The number of hydrogen-bond acceptors (Lipinski definition) is 5. The summed E-state index contributed by atoms with van der Waals surface area (Å²) in [6.45, 7) is 11.0. The molecule has 0 spiro atoms. The van der Waals surface area contributed by atoms with Gasteiger partial charge in [0.05, 0.1) is 22.2 Å². The smallest absolute Gasteiger partial charge is 0.266 e. The number of amides is 1. The summed E-state index contributed by atoms with van der Waals surface area (Å²) in [6, 6.07) is 10.8. The number of rotatable bonds is 9. The van der Waals surface area contributed by atoms with Gasteiger partial charge in [0.15, 0.2) is 16.7 Å². The second-order valence-corrected chi connectivity index (χ2v) is 9.51. The van der Waals surface area contributed by atoms with Crippen LogP contribution in [-0.2, 0) is 4.79 Å². The number of carbonyl (C=O) groups is 1. The van der Waals surface area contributed by atoms with E-state index in [1.807, 2.05) is 25.1 Å². The lowest BCUT2D eigenvalue weighted by Gasteiger charge is -2.17. The summed E-state index contributed by atoms with van der Waals surface area (Å²) in [6.07, 6.45) is 3.44. The Hall–Kier alpha value is -2.41. The van der Waals surface area contributed by atoms with E-state index < -0.39 is 0 Å². The molecule has 0 saturated carbocycles. The maximum atomic E-state index is 13.2. The van der Waals surface area contributed by atoms with Crippen molar-refractivity contribution in [1.29, 1.82) is 0 Å². The van der Waals surface area contributed by atoms with Crippen molar-refractivity contribution in [3.63, 3.8) is 0 Å². The number of ether oxygens (including phenoxy) is 2. The monoisotopic (exact) mass is 504 g/mol. The van der Waals surface area contributed by atoms with E-state index in [1.165, 1.54) is 11.8 Å². The maximum Gasteiger partial charge on any atom is 0.266 e. The van der Waals surface area contributed by atoms with Gasteiger partial charge in [-0.05, 0) is 72.6 Å². The molecular weight excluding hydrogens is 479 g/mol. The maximum absolute atomic E-state index is 13.2. The van der Waals surface area contributed by atoms with E-state index in [4.69, 9.17) is 37.7 Å². The normalized spacial score (nSPS) is 16.2. The van der Waals surface area contributed by atoms with Crippen LogP contribution in [0, 0.1) is 5.92 Å². The Morgan fingerprint density at radius 3 is 2.55 bits per heavy atom. The predicted molar refractivity (Wildman–Crippen MR) is 139 cm³/mol. The highest BCUT2D eigenvalue weighted by molar-refractivity contribution is 8.18. The third kappa shape index (κ3) is 6.56. The molecule has 3 rings (SSSR count). The van der Waals surface area contributed by atoms with Gasteiger partial charge in [0.2, 0.25) is 0 Å². The topological polar surface area (TPSA) is 51.1 Å². The van der Waals surface area contributed by atoms with Crippen molar-refractivity contribution in [3.8, 4) is 11.5 Å². The van der Waals surface area contributed by atoms with Crippen LogP contribution >= 0.6 is 35.0 Å². The van der Waals surface area contributed by atoms with Crippen molar-refractivity contribution < 1.29 is 14.3 Å². The Morgan fingerprint density at radius 1 is 1.18 bits per heavy atom. The molecule has 0 atom stereocenters. The molecule has 1 saturated heterocycles. The van der Waals surface area contributed by atoms with Crippen LogP contribution in [0.1, 0.15) is 26.3 Å². The molecule has 0 radical (unpaired) electrons. The van der Waals surface area contributed by atoms with E-state index in [2.05, 4.69) is 20.4 Å². The van der Waals surface area contributed by atoms with Crippen molar-refractivity contribution in [2.24, 2.45) is 10.9 Å². The average Bonchev–Trinajstić information content (AvgIpc) is 3.03. The molecule has 5 nitrogen and oxygen atoms in total. The van der Waals surface area contributed by atoms with Gasteiger partial charge in [-0.1, -0.05) is 49.7 Å². The molecule has 0 aromatic heterocycles. The SMILES string of the molecule is C=CCOc1c(Cl)cc(/C=C2\SC(=Nc3ccc(Cl)cc3)N(CC(C)C)C2=O)cc1OCC. The second-order valence-electron chi connectivity index (χ2n) is 7.65. The van der Waals surface area contributed by atoms with Crippen molar-refractivity contribution in [3.05, 3.63) is 69.6 Å². The summed E-state index contributed by atoms with van der Waals surface area (Å²) in [5.41, 5.74) is 1.47. The summed E-state index contributed by atoms with van der Waals surface area (Å²) in [4.78, 5) is 20.2. The number of hydrogen-bond donors (Lipinski definition) is 0. The molecule has 2 aromatic carbocycles. The van der Waals surface area contributed by atoms with Crippen molar-refractivity contribution >= 4 is 57.8 Å². The lowest BCUT2D eigenvalue weighted by molar-refractivity contribution is -0.122. The van der Waals surface area contributed by atoms with Gasteiger partial charge in [0.1, 0.15) is 6.61 Å². The van der Waals surface area contributed by atoms with Gasteiger partial charge in [0, 0.05) is 11.6 Å². The molecule has 0 bridgehead atoms. The van der Waals surface area contributed by atoms with Crippen molar-refractivity contribution in [2.75, 3.05) is 19.8 Å². The zero-order chi connectivity index (χ0) is 24.0. The molecule has 1 aliphatic rings. The van der Waals surface area contributed by atoms with Crippen LogP contribution in [0.5, 0.6) is 11.5 Å². The first-order valence-electron chi connectivity index (χ1n) is 10.6. The summed E-state index contributed by atoms with van der Waals surface area (Å²) in [5.74, 6) is 1.16. The molecule has 2 aromatic rings. The lowest BCUT2D eigenvalue weighted by atomic mass is 10.1. The summed E-state index contributed by atoms with van der Waals surface area (Å²) < 4.78 is 11.4. The third-order valence-corrected chi connectivity index (χ3v) is 6.00. The highest BCUT2D eigenvalue weighted by Crippen LogP contribution is 2.40. The van der Waals surface area contributed by atoms with Gasteiger partial charge in [-0.15, -0.1) is 0 Å². The molecule has 0 unspecified atom stereocenters. The van der Waals surface area contributed by atoms with Crippen LogP contribution in [0.15, 0.2) is 59.0 Å². The molecule has 1 aliphatic heterocycles. The van der Waals surface area contributed by atoms with Crippen LogP contribution in [0.3, 0.4) is 0 Å². The van der Waals surface area contributed by atoms with Gasteiger partial charge < -0.3 is 9.47 Å². The molecule has 0 aliphatic carbocycles. The predicted octanol–water partition coefficient (Wildman–Crippen LogP) is 7.22. The first-order chi connectivity index (χ1) is 15.8. The van der Waals surface area contributed by atoms with E-state index in [0.29, 0.717) is 51.4 Å². The Balaban J connectivity index is 1.97. The Kier molecular flexibility index (Phi) is 8.89. The molecule has 1 heterocycles. The zero-order valence-electron chi connectivity index (χ0n) is 18.8. The number of carbonyl (C=O) groups excluding carboxylic acids is 1. The Morgan fingerprint density at radius 2 is 1.91 bits per heavy atom. The van der Waals surface area contributed by atoms with Gasteiger partial charge in [-0.25, -0.2) is 4.99 Å². The molecule has 174 valence electrons. The van der Waals surface area contributed by atoms with E-state index in [0.717, 1.165) is 11.3 Å². The summed E-state index contributed by atoms with van der Waals surface area (Å²) >= 11 is 13.8. The number of aliphatic imine (C=N–C) groups is 1. The molecule has 8 heteroatoms. The van der Waals surface area contributed by atoms with Crippen LogP contribution in [0.2, 0.25) is 10.0 Å². The van der Waals surface area contributed by atoms with E-state index in [1.54, 1.807) is 35.3 Å². The quantitative estimate of drug-likeness (QED) is 0.267. The summed E-state index contributed by atoms with van der Waals surface area (Å²) in [5, 5.41) is 1.67. The largest absolute Gasteiger partial charge is 0.490 e. The van der Waals surface area contributed by atoms with E-state index in [-0.39, 0.29) is 11.8 Å². The first kappa shape index (κ1) is 25.2. The van der Waals surface area contributed by atoms with Crippen LogP contribution in [0.25, 0.3) is 6.08 Å². The minimum atomic E-state index is -0.0949. The Labute approximate surface area is 209 Å². The Bertz CT molecular complexity index is 1080. The average molecular weight is 505 g/mol. The lowest BCUT2D eigenvalue weighted by Crippen LogP contribution is -2.32. The minimum absolute atomic E-state index is 0.0949. The van der Waals surface area contributed by atoms with Gasteiger partial charge in [0.25, 0.3) is 5.91 Å². The minimum Gasteiger partial charge on any atom is -0.490 e. The molecule has 1 fully saturated rings. The molecule has 0 N–H and O–H groups in total. The van der Waals surface area contributed by atoms with Crippen LogP contribution in [0.4, 0.5) is 5.69 Å². The van der Waals surface area contributed by atoms with Gasteiger partial charge >= 0.3 is 0 Å². The fraction of sp³-hybridized carbons (Fsp3) is 0.280. The highest BCUT2D eigenvalue weighted by atomic mass is 35.5. The number of amidine groups is 1. The number of nitrogens with zero attached hydrogens (tertiary/aromatic N) is 2. The fourth-order valence-electron chi connectivity index (χ4n) is 3.11. The molecule has 1 amide bonds. The second kappa shape index (κ2) is 11.6. The number of benzene rings is 2. The van der Waals surface area contributed by atoms with E-state index in [9.17, 15) is 4.79 Å². The van der Waals surface area contributed by atoms with Crippen LogP contribution in [-0.4, -0.2) is 35.7 Å². The van der Waals surface area contributed by atoms with Gasteiger partial charge in [-0.2, -0.15) is 0 Å². The van der Waals surface area contributed by atoms with Gasteiger partial charge in [-0.3, -0.25) is 9.69 Å². The molecular formula is C25H26Cl2N2O3S. The van der Waals surface area contributed by atoms with Crippen molar-refractivity contribution in [1.82, 2.24) is 4.90 Å². The van der Waals surface area contributed by atoms with Crippen LogP contribution < -0.4 is 9.47 Å². The third-order valence-electron chi connectivity index (χ3n) is 4.46.